The Morgan fingerprint density at radius 2 is 1.94 bits per heavy atom. The zero-order valence-corrected chi connectivity index (χ0v) is 11.7. The predicted octanol–water partition coefficient (Wildman–Crippen LogP) is 0.828. The second-order valence-electron chi connectivity index (χ2n) is 5.18. The summed E-state index contributed by atoms with van der Waals surface area (Å²) in [6.45, 7) is 5.27. The van der Waals surface area contributed by atoms with Crippen molar-refractivity contribution in [3.05, 3.63) is 0 Å². The molecule has 18 heavy (non-hydrogen) atoms. The van der Waals surface area contributed by atoms with Crippen molar-refractivity contribution in [3.63, 3.8) is 0 Å². The van der Waals surface area contributed by atoms with Gasteiger partial charge in [-0.2, -0.15) is 8.42 Å². The molecule has 1 unspecified atom stereocenters. The third-order valence-corrected chi connectivity index (χ3v) is 4.67. The highest BCUT2D eigenvalue weighted by molar-refractivity contribution is 7.86. The molecular formula is C11H19NO5S. The smallest absolute Gasteiger partial charge is 0.291 e. The highest BCUT2D eigenvalue weighted by Crippen LogP contribution is 2.26. The van der Waals surface area contributed by atoms with Crippen molar-refractivity contribution in [2.75, 3.05) is 6.54 Å². The molecule has 104 valence electrons. The van der Waals surface area contributed by atoms with Crippen LogP contribution in [0.25, 0.3) is 0 Å². The van der Waals surface area contributed by atoms with E-state index in [9.17, 15) is 18.0 Å². The summed E-state index contributed by atoms with van der Waals surface area (Å²) < 4.78 is 31.3. The maximum atomic E-state index is 12.0. The predicted molar refractivity (Wildman–Crippen MR) is 65.4 cm³/mol. The van der Waals surface area contributed by atoms with Crippen LogP contribution in [0.1, 0.15) is 40.0 Å². The van der Waals surface area contributed by atoms with Crippen LogP contribution in [0, 0.1) is 5.41 Å². The molecule has 0 bridgehead atoms. The minimum Gasteiger partial charge on any atom is -0.317 e. The molecule has 0 aromatic heterocycles. The molecule has 0 saturated carbocycles. The van der Waals surface area contributed by atoms with Crippen molar-refractivity contribution < 1.29 is 22.6 Å². The molecule has 1 rings (SSSR count). The van der Waals surface area contributed by atoms with Crippen LogP contribution in [0.3, 0.4) is 0 Å². The molecule has 1 fully saturated rings. The fraction of sp³-hybridized carbons (Fsp3) is 0.818. The molecule has 1 atom stereocenters. The molecule has 0 aromatic rings. The molecule has 1 aliphatic heterocycles. The minimum absolute atomic E-state index is 0.171. The van der Waals surface area contributed by atoms with E-state index in [1.807, 2.05) is 0 Å². The maximum absolute atomic E-state index is 12.0. The van der Waals surface area contributed by atoms with Crippen LogP contribution >= 0.6 is 0 Å². The van der Waals surface area contributed by atoms with Crippen LogP contribution in [0.15, 0.2) is 0 Å². The number of carbonyl (C=O) groups is 2. The number of likely N-dealkylation sites (tertiary alicyclic amines) is 1. The number of rotatable bonds is 4. The van der Waals surface area contributed by atoms with E-state index < -0.39 is 32.6 Å². The Hall–Kier alpha value is -0.950. The van der Waals surface area contributed by atoms with E-state index in [2.05, 4.69) is 0 Å². The maximum Gasteiger partial charge on any atom is 0.291 e. The van der Waals surface area contributed by atoms with Crippen LogP contribution in [0.4, 0.5) is 0 Å². The van der Waals surface area contributed by atoms with Crippen LogP contribution in [0.5, 0.6) is 0 Å². The van der Waals surface area contributed by atoms with Gasteiger partial charge >= 0.3 is 0 Å². The fourth-order valence-corrected chi connectivity index (χ4v) is 2.85. The molecule has 1 amide bonds. The Morgan fingerprint density at radius 1 is 1.39 bits per heavy atom. The first kappa shape index (κ1) is 15.1. The quantitative estimate of drug-likeness (QED) is 0.607. The summed E-state index contributed by atoms with van der Waals surface area (Å²) in [6.07, 6.45) is 1.13. The lowest BCUT2D eigenvalue weighted by molar-refractivity contribution is -0.149. The summed E-state index contributed by atoms with van der Waals surface area (Å²) in [7, 11) is -4.33. The van der Waals surface area contributed by atoms with Gasteiger partial charge < -0.3 is 4.90 Å². The molecule has 1 heterocycles. The van der Waals surface area contributed by atoms with E-state index in [0.717, 1.165) is 4.90 Å². The fourth-order valence-electron chi connectivity index (χ4n) is 1.86. The van der Waals surface area contributed by atoms with Gasteiger partial charge in [-0.3, -0.25) is 14.1 Å². The van der Waals surface area contributed by atoms with Crippen molar-refractivity contribution in [1.29, 1.82) is 0 Å². The topological polar surface area (TPSA) is 91.8 Å². The Balaban J connectivity index is 2.95. The number of Topliss-reactive ketones (excluding diaryl/α,β-unsaturated/α-hetero) is 1. The lowest BCUT2D eigenvalue weighted by Crippen LogP contribution is -2.47. The Kier molecular flexibility index (Phi) is 4.17. The highest BCUT2D eigenvalue weighted by Gasteiger charge is 2.42. The van der Waals surface area contributed by atoms with E-state index >= 15 is 0 Å². The standard InChI is InChI=1S/C11H19NO5S/c1-4-11(2,3)9(13)10(14)12-7-5-6-8(12)18(15,16)17/h8H,4-7H2,1-3H3,(H,15,16,17). The lowest BCUT2D eigenvalue weighted by Gasteiger charge is -2.26. The SMILES string of the molecule is CCC(C)(C)C(=O)C(=O)N1CCCC1S(=O)(=O)O. The van der Waals surface area contributed by atoms with Crippen molar-refractivity contribution in [2.45, 2.75) is 45.4 Å². The Morgan fingerprint density at radius 3 is 2.39 bits per heavy atom. The Labute approximate surface area is 107 Å². The summed E-state index contributed by atoms with van der Waals surface area (Å²) >= 11 is 0. The molecule has 7 heteroatoms. The zero-order chi connectivity index (χ0) is 14.1. The monoisotopic (exact) mass is 277 g/mol. The summed E-state index contributed by atoms with van der Waals surface area (Å²) in [5.41, 5.74) is -0.816. The summed E-state index contributed by atoms with van der Waals surface area (Å²) in [4.78, 5) is 25.0. The van der Waals surface area contributed by atoms with Gasteiger partial charge in [0.15, 0.2) is 5.37 Å². The molecule has 1 saturated heterocycles. The number of hydrogen-bond acceptors (Lipinski definition) is 4. The zero-order valence-electron chi connectivity index (χ0n) is 10.8. The summed E-state index contributed by atoms with van der Waals surface area (Å²) in [5, 5.41) is -1.28. The molecule has 6 nitrogen and oxygen atoms in total. The third-order valence-electron chi connectivity index (χ3n) is 3.50. The van der Waals surface area contributed by atoms with E-state index in [4.69, 9.17) is 4.55 Å². The molecule has 1 N–H and O–H groups in total. The van der Waals surface area contributed by atoms with Gasteiger partial charge in [0.2, 0.25) is 5.78 Å². The van der Waals surface area contributed by atoms with E-state index in [1.165, 1.54) is 0 Å². The second kappa shape index (κ2) is 4.97. The number of hydrogen-bond donors (Lipinski definition) is 1. The van der Waals surface area contributed by atoms with Crippen molar-refractivity contribution in [2.24, 2.45) is 5.41 Å². The average molecular weight is 277 g/mol. The van der Waals surface area contributed by atoms with Gasteiger partial charge in [-0.15, -0.1) is 0 Å². The first-order valence-electron chi connectivity index (χ1n) is 5.93. The molecule has 0 aromatic carbocycles. The van der Waals surface area contributed by atoms with Crippen LogP contribution in [-0.4, -0.2) is 41.5 Å². The van der Waals surface area contributed by atoms with Gasteiger partial charge in [0, 0.05) is 12.0 Å². The van der Waals surface area contributed by atoms with Crippen LogP contribution in [-0.2, 0) is 19.7 Å². The first-order chi connectivity index (χ1) is 8.11. The molecule has 0 spiro atoms. The highest BCUT2D eigenvalue weighted by atomic mass is 32.2. The number of amides is 1. The third kappa shape index (κ3) is 2.89. The van der Waals surface area contributed by atoms with Gasteiger partial charge in [-0.05, 0) is 19.3 Å². The minimum atomic E-state index is -4.33. The molecule has 0 aliphatic carbocycles. The first-order valence-corrected chi connectivity index (χ1v) is 7.43. The lowest BCUT2D eigenvalue weighted by atomic mass is 9.84. The number of nitrogens with zero attached hydrogens (tertiary/aromatic N) is 1. The van der Waals surface area contributed by atoms with Crippen molar-refractivity contribution in [1.82, 2.24) is 4.90 Å². The van der Waals surface area contributed by atoms with Gasteiger partial charge in [0.05, 0.1) is 0 Å². The van der Waals surface area contributed by atoms with Gasteiger partial charge in [-0.1, -0.05) is 20.8 Å². The molecular weight excluding hydrogens is 258 g/mol. The number of ketones is 1. The number of carbonyl (C=O) groups excluding carboxylic acids is 2. The van der Waals surface area contributed by atoms with E-state index in [1.54, 1.807) is 20.8 Å². The van der Waals surface area contributed by atoms with Crippen molar-refractivity contribution >= 4 is 21.8 Å². The summed E-state index contributed by atoms with van der Waals surface area (Å²) in [6, 6.07) is 0. The summed E-state index contributed by atoms with van der Waals surface area (Å²) in [5.74, 6) is -1.43. The van der Waals surface area contributed by atoms with E-state index in [0.29, 0.717) is 12.8 Å². The normalized spacial score (nSPS) is 21.1. The van der Waals surface area contributed by atoms with Crippen LogP contribution in [0.2, 0.25) is 0 Å². The second-order valence-corrected chi connectivity index (χ2v) is 6.75. The molecule has 0 radical (unpaired) electrons. The Bertz CT molecular complexity index is 454. The van der Waals surface area contributed by atoms with Gasteiger partial charge in [0.25, 0.3) is 16.0 Å². The van der Waals surface area contributed by atoms with Crippen molar-refractivity contribution in [3.8, 4) is 0 Å². The van der Waals surface area contributed by atoms with E-state index in [-0.39, 0.29) is 13.0 Å². The largest absolute Gasteiger partial charge is 0.317 e. The average Bonchev–Trinajstić information content (AvgIpc) is 2.75. The van der Waals surface area contributed by atoms with Gasteiger partial charge in [0.1, 0.15) is 0 Å². The molecule has 1 aliphatic rings. The van der Waals surface area contributed by atoms with Gasteiger partial charge in [-0.25, -0.2) is 0 Å². The van der Waals surface area contributed by atoms with Crippen LogP contribution < -0.4 is 0 Å².